The molecule has 0 saturated carbocycles. The van der Waals surface area contributed by atoms with Crippen LogP contribution in [-0.2, 0) is 4.62 Å². The molecule has 1 heterocycles. The fourth-order valence-corrected chi connectivity index (χ4v) is 4.34. The van der Waals surface area contributed by atoms with Crippen molar-refractivity contribution in [2.75, 3.05) is 0 Å². The van der Waals surface area contributed by atoms with Crippen LogP contribution in [0.15, 0.2) is 60.7 Å². The van der Waals surface area contributed by atoms with E-state index in [2.05, 4.69) is 53.8 Å². The molecule has 0 aliphatic carbocycles. The molecule has 1 aliphatic heterocycles. The van der Waals surface area contributed by atoms with Gasteiger partial charge < -0.3 is 0 Å². The first-order chi connectivity index (χ1) is 7.42. The Morgan fingerprint density at radius 3 is 1.44 bits per heavy atom. The van der Waals surface area contributed by atoms with E-state index in [0.29, 0.717) is 0 Å². The zero-order chi connectivity index (χ0) is 10.1. The second-order valence-corrected chi connectivity index (χ2v) is 6.54. The van der Waals surface area contributed by atoms with Gasteiger partial charge in [0.2, 0.25) is 0 Å². The Bertz CT molecular complexity index is 417. The molecule has 1 fully saturated rings. The first-order valence-electron chi connectivity index (χ1n) is 4.98. The summed E-state index contributed by atoms with van der Waals surface area (Å²) in [5.41, 5.74) is 0. The molecule has 1 saturated heterocycles. The van der Waals surface area contributed by atoms with Crippen LogP contribution in [0.1, 0.15) is 0 Å². The SMILES string of the molecule is [KH].c1ccc([PH]2(c3ccccc3)NO2)cc1. The van der Waals surface area contributed by atoms with Crippen LogP contribution in [0.5, 0.6) is 0 Å². The van der Waals surface area contributed by atoms with Crippen LogP contribution in [0.2, 0.25) is 0 Å². The Hall–Kier alpha value is 0.426. The van der Waals surface area contributed by atoms with Crippen molar-refractivity contribution in [3.63, 3.8) is 0 Å². The fraction of sp³-hybridized carbons (Fsp3) is 0. The van der Waals surface area contributed by atoms with E-state index >= 15 is 0 Å². The molecule has 0 atom stereocenters. The van der Waals surface area contributed by atoms with Gasteiger partial charge in [-0.3, -0.25) is 0 Å². The topological polar surface area (TPSA) is 34.5 Å². The third kappa shape index (κ3) is 2.33. The van der Waals surface area contributed by atoms with E-state index in [9.17, 15) is 0 Å². The van der Waals surface area contributed by atoms with Gasteiger partial charge in [0.05, 0.1) is 0 Å². The Morgan fingerprint density at radius 2 is 1.12 bits per heavy atom. The van der Waals surface area contributed by atoms with E-state index in [4.69, 9.17) is 4.62 Å². The Labute approximate surface area is 138 Å². The van der Waals surface area contributed by atoms with Gasteiger partial charge in [0.15, 0.2) is 0 Å². The summed E-state index contributed by atoms with van der Waals surface area (Å²) < 4.78 is 5.56. The van der Waals surface area contributed by atoms with Gasteiger partial charge in [-0.1, -0.05) is 0 Å². The monoisotopic (exact) mass is 257 g/mol. The Balaban J connectivity index is 0.000000963. The van der Waals surface area contributed by atoms with E-state index in [1.165, 1.54) is 10.6 Å². The number of nitrogens with one attached hydrogen (secondary N) is 1. The molecule has 4 heteroatoms. The molecule has 0 spiro atoms. The van der Waals surface area contributed by atoms with Gasteiger partial charge in [-0.25, -0.2) is 0 Å². The predicted molar refractivity (Wildman–Crippen MR) is 71.8 cm³/mol. The van der Waals surface area contributed by atoms with Gasteiger partial charge in [0, 0.05) is 0 Å². The minimum atomic E-state index is -1.96. The molecule has 2 aromatic rings. The number of hydrogen-bond donors (Lipinski definition) is 1. The average molecular weight is 257 g/mol. The minimum absolute atomic E-state index is 0. The maximum atomic E-state index is 5.56. The van der Waals surface area contributed by atoms with E-state index in [0.717, 1.165) is 0 Å². The summed E-state index contributed by atoms with van der Waals surface area (Å²) in [5, 5.41) is 5.67. The standard InChI is InChI=1S/C12H12NOP.K.H/c1-3-7-11(8-4-1)15(13-14-15)12-9-5-2-6-10-12;;/h1-10,13,15H;;. The summed E-state index contributed by atoms with van der Waals surface area (Å²) >= 11 is 0. The Morgan fingerprint density at radius 1 is 0.750 bits per heavy atom. The quantitative estimate of drug-likeness (QED) is 0.497. The van der Waals surface area contributed by atoms with Crippen molar-refractivity contribution in [2.45, 2.75) is 0 Å². The van der Waals surface area contributed by atoms with Gasteiger partial charge in [0.1, 0.15) is 0 Å². The van der Waals surface area contributed by atoms with Crippen molar-refractivity contribution in [3.8, 4) is 0 Å². The summed E-state index contributed by atoms with van der Waals surface area (Å²) in [4.78, 5) is 0. The van der Waals surface area contributed by atoms with E-state index in [-0.39, 0.29) is 51.4 Å². The third-order valence-electron chi connectivity index (χ3n) is 2.67. The zero-order valence-corrected chi connectivity index (χ0v) is 9.18. The van der Waals surface area contributed by atoms with Crippen LogP contribution in [0, 0.1) is 0 Å². The maximum absolute atomic E-state index is 5.56. The summed E-state index contributed by atoms with van der Waals surface area (Å²) in [7, 11) is -1.96. The zero-order valence-electron chi connectivity index (χ0n) is 8.18. The van der Waals surface area contributed by atoms with Crippen molar-refractivity contribution in [3.05, 3.63) is 60.7 Å². The second-order valence-electron chi connectivity index (χ2n) is 3.62. The van der Waals surface area contributed by atoms with Crippen LogP contribution >= 0.6 is 7.64 Å². The normalized spacial score (nSPS) is 18.2. The molecule has 2 aromatic carbocycles. The first kappa shape index (κ1) is 12.9. The summed E-state index contributed by atoms with van der Waals surface area (Å²) in [6.07, 6.45) is 0. The number of hydrogen-bond acceptors (Lipinski definition) is 2. The molecule has 16 heavy (non-hydrogen) atoms. The molecule has 0 aromatic heterocycles. The van der Waals surface area contributed by atoms with Gasteiger partial charge >= 0.3 is 140 Å². The molecular weight excluding hydrogens is 244 g/mol. The van der Waals surface area contributed by atoms with Crippen LogP contribution in [0.25, 0.3) is 0 Å². The predicted octanol–water partition coefficient (Wildman–Crippen LogP) is 1.10. The van der Waals surface area contributed by atoms with Crippen molar-refractivity contribution in [1.29, 1.82) is 0 Å². The molecule has 0 unspecified atom stereocenters. The molecular formula is C12H13KNOP. The van der Waals surface area contributed by atoms with Gasteiger partial charge in [-0.15, -0.1) is 0 Å². The Kier molecular flexibility index (Phi) is 4.33. The summed E-state index contributed by atoms with van der Waals surface area (Å²) in [6.45, 7) is 0. The van der Waals surface area contributed by atoms with Crippen LogP contribution in [0.4, 0.5) is 0 Å². The van der Waals surface area contributed by atoms with Crippen LogP contribution in [0.3, 0.4) is 0 Å². The van der Waals surface area contributed by atoms with Crippen molar-refractivity contribution >= 4 is 69.6 Å². The first-order valence-corrected chi connectivity index (χ1v) is 6.89. The van der Waals surface area contributed by atoms with Gasteiger partial charge in [0.25, 0.3) is 0 Å². The molecule has 0 amide bonds. The van der Waals surface area contributed by atoms with Crippen molar-refractivity contribution in [2.24, 2.45) is 0 Å². The molecule has 78 valence electrons. The molecule has 1 aliphatic rings. The summed E-state index contributed by atoms with van der Waals surface area (Å²) in [5.74, 6) is 0. The average Bonchev–Trinajstić information content (AvgIpc) is 3.13. The second kappa shape index (κ2) is 5.38. The van der Waals surface area contributed by atoms with Crippen LogP contribution in [-0.4, -0.2) is 51.4 Å². The van der Waals surface area contributed by atoms with Crippen LogP contribution < -0.4 is 15.9 Å². The van der Waals surface area contributed by atoms with Gasteiger partial charge in [-0.05, 0) is 0 Å². The summed E-state index contributed by atoms with van der Waals surface area (Å²) in [6, 6.07) is 20.8. The number of rotatable bonds is 2. The van der Waals surface area contributed by atoms with Gasteiger partial charge in [-0.2, -0.15) is 0 Å². The number of benzene rings is 2. The van der Waals surface area contributed by atoms with Crippen molar-refractivity contribution < 1.29 is 4.62 Å². The molecule has 0 bridgehead atoms. The molecule has 2 nitrogen and oxygen atoms in total. The van der Waals surface area contributed by atoms with E-state index < -0.39 is 7.64 Å². The third-order valence-corrected chi connectivity index (χ3v) is 5.57. The van der Waals surface area contributed by atoms with Crippen molar-refractivity contribution in [1.82, 2.24) is 5.25 Å². The molecule has 1 N–H and O–H groups in total. The van der Waals surface area contributed by atoms with E-state index in [1.807, 2.05) is 12.1 Å². The fourth-order valence-electron chi connectivity index (χ4n) is 1.80. The van der Waals surface area contributed by atoms with E-state index in [1.54, 1.807) is 0 Å². The molecule has 3 rings (SSSR count). The molecule has 0 radical (unpaired) electrons.